The van der Waals surface area contributed by atoms with Crippen LogP contribution in [0.4, 0.5) is 0 Å². The van der Waals surface area contributed by atoms with Crippen molar-refractivity contribution in [1.29, 1.82) is 0 Å². The quantitative estimate of drug-likeness (QED) is 0.550. The first-order chi connectivity index (χ1) is 15.5. The highest BCUT2D eigenvalue weighted by Crippen LogP contribution is 2.26. The molecule has 2 aromatic heterocycles. The number of amides is 1. The molecule has 0 N–H and O–H groups in total. The number of rotatable bonds is 6. The Morgan fingerprint density at radius 1 is 1.28 bits per heavy atom. The van der Waals surface area contributed by atoms with Crippen molar-refractivity contribution in [1.82, 2.24) is 19.4 Å². The number of benzene rings is 1. The topological polar surface area (TPSA) is 67.7 Å². The molecule has 3 aromatic rings. The highest BCUT2D eigenvalue weighted by Gasteiger charge is 2.27. The van der Waals surface area contributed by atoms with Gasteiger partial charge in [0, 0.05) is 68.0 Å². The minimum Gasteiger partial charge on any atom is -0.496 e. The van der Waals surface area contributed by atoms with Gasteiger partial charge in [-0.05, 0) is 11.6 Å². The van der Waals surface area contributed by atoms with Crippen LogP contribution in [0.25, 0.3) is 0 Å². The first-order valence-corrected chi connectivity index (χ1v) is 11.6. The summed E-state index contributed by atoms with van der Waals surface area (Å²) < 4.78 is 7.18. The second-order valence-electron chi connectivity index (χ2n) is 7.73. The lowest BCUT2D eigenvalue weighted by atomic mass is 10.1. The summed E-state index contributed by atoms with van der Waals surface area (Å²) in [5.41, 5.74) is 2.05. The van der Waals surface area contributed by atoms with Gasteiger partial charge < -0.3 is 14.2 Å². The van der Waals surface area contributed by atoms with Gasteiger partial charge in [-0.1, -0.05) is 29.8 Å². The van der Waals surface area contributed by atoms with Crippen molar-refractivity contribution in [3.8, 4) is 5.75 Å². The van der Waals surface area contributed by atoms with E-state index in [1.807, 2.05) is 29.6 Å². The Labute approximate surface area is 195 Å². The highest BCUT2D eigenvalue weighted by atomic mass is 35.5. The number of carbonyl (C=O) groups excluding carboxylic acids is 1. The summed E-state index contributed by atoms with van der Waals surface area (Å²) in [6.45, 7) is 2.98. The van der Waals surface area contributed by atoms with Crippen LogP contribution in [0.3, 0.4) is 0 Å². The molecule has 0 saturated heterocycles. The lowest BCUT2D eigenvalue weighted by molar-refractivity contribution is 0.0779. The second-order valence-corrected chi connectivity index (χ2v) is 9.12. The normalized spacial score (nSPS) is 14.0. The largest absolute Gasteiger partial charge is 0.496 e. The van der Waals surface area contributed by atoms with Crippen LogP contribution in [-0.4, -0.2) is 52.5 Å². The third-order valence-corrected chi connectivity index (χ3v) is 6.81. The van der Waals surface area contributed by atoms with E-state index in [9.17, 15) is 9.59 Å². The zero-order valence-electron chi connectivity index (χ0n) is 18.1. The van der Waals surface area contributed by atoms with Crippen molar-refractivity contribution in [3.63, 3.8) is 0 Å². The summed E-state index contributed by atoms with van der Waals surface area (Å²) in [5, 5.41) is 3.47. The molecule has 1 aromatic carbocycles. The number of pyridine rings is 1. The highest BCUT2D eigenvalue weighted by molar-refractivity contribution is 7.09. The zero-order chi connectivity index (χ0) is 22.7. The molecule has 0 aliphatic carbocycles. The van der Waals surface area contributed by atoms with E-state index in [1.165, 1.54) is 24.5 Å². The molecular weight excluding hydrogens is 448 g/mol. The maximum Gasteiger partial charge on any atom is 0.259 e. The van der Waals surface area contributed by atoms with Gasteiger partial charge in [0.15, 0.2) is 0 Å². The van der Waals surface area contributed by atoms with Gasteiger partial charge in [0.2, 0.25) is 0 Å². The Kier molecular flexibility index (Phi) is 6.93. The predicted molar refractivity (Wildman–Crippen MR) is 126 cm³/mol. The van der Waals surface area contributed by atoms with Crippen molar-refractivity contribution in [2.75, 3.05) is 27.2 Å². The number of halogens is 1. The first-order valence-electron chi connectivity index (χ1n) is 10.4. The summed E-state index contributed by atoms with van der Waals surface area (Å²) in [6, 6.07) is 9.19. The second kappa shape index (κ2) is 9.85. The maximum atomic E-state index is 13.4. The van der Waals surface area contributed by atoms with Crippen LogP contribution in [-0.2, 0) is 26.1 Å². The molecule has 0 fully saturated rings. The van der Waals surface area contributed by atoms with Crippen LogP contribution < -0.4 is 10.3 Å². The van der Waals surface area contributed by atoms with Gasteiger partial charge in [-0.3, -0.25) is 14.5 Å². The average molecular weight is 473 g/mol. The number of ether oxygens (including phenoxy) is 1. The Morgan fingerprint density at radius 3 is 2.81 bits per heavy atom. The SMILES string of the molecule is COc1cc(=O)n2c(c1C(=O)N(C)Cc1nccs1)CCN(Cc1ccccc1Cl)CC2. The van der Waals surface area contributed by atoms with Gasteiger partial charge >= 0.3 is 0 Å². The van der Waals surface area contributed by atoms with E-state index in [4.69, 9.17) is 16.3 Å². The van der Waals surface area contributed by atoms with Crippen molar-refractivity contribution >= 4 is 28.8 Å². The van der Waals surface area contributed by atoms with E-state index in [0.29, 0.717) is 56.2 Å². The fraction of sp³-hybridized carbons (Fsp3) is 0.348. The lowest BCUT2D eigenvalue weighted by Gasteiger charge is -2.21. The number of carbonyl (C=O) groups is 1. The standard InChI is InChI=1S/C23H25ClN4O3S/c1-26(15-20-25-8-12-32-20)23(30)22-18-7-9-27(14-16-5-3-4-6-17(16)24)10-11-28(18)21(29)13-19(22)31-2/h3-6,8,12-13H,7,9-11,14-15H2,1-2H3. The average Bonchev–Trinajstić information content (AvgIpc) is 3.20. The van der Waals surface area contributed by atoms with Gasteiger partial charge in [-0.25, -0.2) is 4.98 Å². The van der Waals surface area contributed by atoms with Gasteiger partial charge in [-0.15, -0.1) is 11.3 Å². The Morgan fingerprint density at radius 2 is 2.09 bits per heavy atom. The summed E-state index contributed by atoms with van der Waals surface area (Å²) in [6.07, 6.45) is 2.28. The molecule has 9 heteroatoms. The summed E-state index contributed by atoms with van der Waals surface area (Å²) in [7, 11) is 3.23. The van der Waals surface area contributed by atoms with E-state index in [-0.39, 0.29) is 11.5 Å². The smallest absolute Gasteiger partial charge is 0.259 e. The van der Waals surface area contributed by atoms with Crippen LogP contribution in [0.15, 0.2) is 46.7 Å². The number of hydrogen-bond donors (Lipinski definition) is 0. The van der Waals surface area contributed by atoms with Gasteiger partial charge in [0.1, 0.15) is 16.3 Å². The lowest BCUT2D eigenvalue weighted by Crippen LogP contribution is -2.32. The molecule has 0 saturated carbocycles. The predicted octanol–water partition coefficient (Wildman–Crippen LogP) is 3.30. The fourth-order valence-corrected chi connectivity index (χ4v) is 4.87. The van der Waals surface area contributed by atoms with E-state index >= 15 is 0 Å². The molecule has 32 heavy (non-hydrogen) atoms. The first kappa shape index (κ1) is 22.5. The Hall–Kier alpha value is -2.68. The van der Waals surface area contributed by atoms with E-state index in [0.717, 1.165) is 15.6 Å². The van der Waals surface area contributed by atoms with Crippen molar-refractivity contribution in [3.05, 3.63) is 79.1 Å². The maximum absolute atomic E-state index is 13.4. The van der Waals surface area contributed by atoms with E-state index in [2.05, 4.69) is 9.88 Å². The molecule has 1 aliphatic rings. The molecule has 0 bridgehead atoms. The Balaban J connectivity index is 1.62. The molecule has 0 spiro atoms. The summed E-state index contributed by atoms with van der Waals surface area (Å²) in [4.78, 5) is 34.4. The molecular formula is C23H25ClN4O3S. The number of methoxy groups -OCH3 is 1. The molecule has 1 aliphatic heterocycles. The molecule has 7 nitrogen and oxygen atoms in total. The minimum absolute atomic E-state index is 0.157. The number of thiazole rings is 1. The third-order valence-electron chi connectivity index (χ3n) is 5.67. The Bertz CT molecular complexity index is 1160. The van der Waals surface area contributed by atoms with Crippen molar-refractivity contribution < 1.29 is 9.53 Å². The molecule has 0 atom stereocenters. The number of hydrogen-bond acceptors (Lipinski definition) is 6. The minimum atomic E-state index is -0.180. The fourth-order valence-electron chi connectivity index (χ4n) is 4.01. The van der Waals surface area contributed by atoms with Crippen LogP contribution in [0.5, 0.6) is 5.75 Å². The summed E-state index contributed by atoms with van der Waals surface area (Å²) >= 11 is 7.85. The van der Waals surface area contributed by atoms with Crippen molar-refractivity contribution in [2.45, 2.75) is 26.1 Å². The van der Waals surface area contributed by atoms with E-state index < -0.39 is 0 Å². The summed E-state index contributed by atoms with van der Waals surface area (Å²) in [5.74, 6) is 0.136. The molecule has 0 radical (unpaired) electrons. The third kappa shape index (κ3) is 4.72. The van der Waals surface area contributed by atoms with Gasteiger partial charge in [-0.2, -0.15) is 0 Å². The van der Waals surface area contributed by atoms with Crippen LogP contribution in [0.2, 0.25) is 5.02 Å². The molecule has 3 heterocycles. The molecule has 1 amide bonds. The van der Waals surface area contributed by atoms with Gasteiger partial charge in [0.05, 0.1) is 13.7 Å². The van der Waals surface area contributed by atoms with Crippen molar-refractivity contribution in [2.24, 2.45) is 0 Å². The van der Waals surface area contributed by atoms with Gasteiger partial charge in [0.25, 0.3) is 11.5 Å². The number of nitrogens with zero attached hydrogens (tertiary/aromatic N) is 4. The number of aromatic nitrogens is 2. The van der Waals surface area contributed by atoms with Crippen LogP contribution in [0.1, 0.15) is 26.6 Å². The zero-order valence-corrected chi connectivity index (χ0v) is 19.7. The van der Waals surface area contributed by atoms with Crippen LogP contribution >= 0.6 is 22.9 Å². The molecule has 168 valence electrons. The molecule has 4 rings (SSSR count). The number of fused-ring (bicyclic) bond motifs is 1. The molecule has 0 unspecified atom stereocenters. The monoisotopic (exact) mass is 472 g/mol. The van der Waals surface area contributed by atoms with Crippen LogP contribution in [0, 0.1) is 0 Å². The van der Waals surface area contributed by atoms with E-state index in [1.54, 1.807) is 22.7 Å².